The largest absolute Gasteiger partial charge is 0.301 e. The van der Waals surface area contributed by atoms with E-state index in [9.17, 15) is 4.79 Å². The number of halogens is 2. The molecule has 0 aromatic rings. The van der Waals surface area contributed by atoms with Crippen molar-refractivity contribution in [3.05, 3.63) is 0 Å². The van der Waals surface area contributed by atoms with Gasteiger partial charge in [0.05, 0.1) is 0 Å². The van der Waals surface area contributed by atoms with E-state index in [0.717, 1.165) is 0 Å². The number of alkyl halides is 2. The van der Waals surface area contributed by atoms with Crippen LogP contribution in [0.25, 0.3) is 0 Å². The zero-order chi connectivity index (χ0) is 4.28. The van der Waals surface area contributed by atoms with Crippen LogP contribution in [-0.2, 0) is 4.79 Å². The number of carbonyl (C=O) groups excluding carboxylic acids is 1. The van der Waals surface area contributed by atoms with E-state index < -0.39 is 4.29 Å². The molecule has 0 unspecified atom stereocenters. The van der Waals surface area contributed by atoms with Crippen molar-refractivity contribution < 1.29 is 4.79 Å². The Morgan fingerprint density at radius 2 is 2.20 bits per heavy atom. The summed E-state index contributed by atoms with van der Waals surface area (Å²) in [4.78, 5) is 9.33. The van der Waals surface area contributed by atoms with Gasteiger partial charge in [-0.15, -0.1) is 11.6 Å². The van der Waals surface area contributed by atoms with Gasteiger partial charge in [-0.25, -0.2) is 0 Å². The Labute approximate surface area is 43.4 Å². The van der Waals surface area contributed by atoms with Gasteiger partial charge in [0, 0.05) is 0 Å². The highest BCUT2D eigenvalue weighted by atomic mass is 79.9. The lowest BCUT2D eigenvalue weighted by Gasteiger charge is -1.73. The third-order valence-electron chi connectivity index (χ3n) is 0.103. The fourth-order valence-corrected chi connectivity index (χ4v) is 0. The predicted octanol–water partition coefficient (Wildman–Crippen LogP) is 1.15. The van der Waals surface area contributed by atoms with Crippen LogP contribution < -0.4 is 0 Å². The molecule has 1 nitrogen and oxygen atoms in total. The zero-order valence-corrected chi connectivity index (χ0v) is 4.66. The first-order valence-corrected chi connectivity index (χ1v) is 2.36. The van der Waals surface area contributed by atoms with Gasteiger partial charge < -0.3 is 4.79 Å². The van der Waals surface area contributed by atoms with Gasteiger partial charge in [-0.3, -0.25) is 0 Å². The molecule has 0 heterocycles. The minimum absolute atomic E-state index is 0.512. The molecule has 0 bridgehead atoms. The summed E-state index contributed by atoms with van der Waals surface area (Å²) in [6.07, 6.45) is 0.599. The highest BCUT2D eigenvalue weighted by molar-refractivity contribution is 9.10. The fourth-order valence-electron chi connectivity index (χ4n) is 0. The Kier molecular flexibility index (Phi) is 2.90. The Balaban J connectivity index is 2.83. The van der Waals surface area contributed by atoms with Crippen LogP contribution in [-0.4, -0.2) is 10.6 Å². The van der Waals surface area contributed by atoms with Crippen molar-refractivity contribution in [2.45, 2.75) is 4.29 Å². The van der Waals surface area contributed by atoms with Crippen molar-refractivity contribution in [3.8, 4) is 0 Å². The van der Waals surface area contributed by atoms with Gasteiger partial charge in [-0.05, 0) is 0 Å². The van der Waals surface area contributed by atoms with Gasteiger partial charge in [0.1, 0.15) is 10.6 Å². The van der Waals surface area contributed by atoms with Crippen molar-refractivity contribution in [3.63, 3.8) is 0 Å². The molecule has 0 aromatic carbocycles. The minimum atomic E-state index is -0.512. The maximum absolute atomic E-state index is 9.33. The molecule has 0 saturated carbocycles. The van der Waals surface area contributed by atoms with E-state index in [-0.39, 0.29) is 0 Å². The smallest absolute Gasteiger partial charge is 0.148 e. The second-order valence-corrected chi connectivity index (χ2v) is 2.45. The maximum Gasteiger partial charge on any atom is 0.148 e. The van der Waals surface area contributed by atoms with E-state index in [4.69, 9.17) is 11.6 Å². The van der Waals surface area contributed by atoms with Crippen molar-refractivity contribution >= 4 is 33.8 Å². The Bertz CT molecular complexity index is 36.6. The molecule has 0 radical (unpaired) electrons. The quantitative estimate of drug-likeness (QED) is 0.412. The highest BCUT2D eigenvalue weighted by Gasteiger charge is 1.86. The highest BCUT2D eigenvalue weighted by Crippen LogP contribution is 1.97. The summed E-state index contributed by atoms with van der Waals surface area (Å²) in [7, 11) is 0. The van der Waals surface area contributed by atoms with E-state index in [0.29, 0.717) is 6.29 Å². The van der Waals surface area contributed by atoms with Crippen LogP contribution in [0.5, 0.6) is 0 Å². The first kappa shape index (κ1) is 5.44. The van der Waals surface area contributed by atoms with E-state index in [2.05, 4.69) is 15.9 Å². The van der Waals surface area contributed by atoms with Crippen LogP contribution in [0.1, 0.15) is 0 Å². The lowest BCUT2D eigenvalue weighted by Crippen LogP contribution is -1.80. The zero-order valence-electron chi connectivity index (χ0n) is 2.32. The minimum Gasteiger partial charge on any atom is -0.301 e. The molecule has 0 aliphatic heterocycles. The van der Waals surface area contributed by atoms with Crippen LogP contribution >= 0.6 is 27.5 Å². The Morgan fingerprint density at radius 1 is 2.00 bits per heavy atom. The Morgan fingerprint density at radius 3 is 2.20 bits per heavy atom. The molecule has 5 heavy (non-hydrogen) atoms. The molecule has 0 aliphatic rings. The van der Waals surface area contributed by atoms with E-state index >= 15 is 0 Å². The summed E-state index contributed by atoms with van der Waals surface area (Å²) in [5.41, 5.74) is 0. The van der Waals surface area contributed by atoms with Crippen molar-refractivity contribution in [2.75, 3.05) is 0 Å². The molecule has 1 atom stereocenters. The molecular weight excluding hydrogens is 155 g/mol. The molecule has 0 saturated heterocycles. The van der Waals surface area contributed by atoms with Crippen molar-refractivity contribution in [1.29, 1.82) is 0 Å². The monoisotopic (exact) mass is 156 g/mol. The average Bonchev–Trinajstić information content (AvgIpc) is 1.38. The van der Waals surface area contributed by atoms with Crippen molar-refractivity contribution in [1.82, 2.24) is 0 Å². The summed E-state index contributed by atoms with van der Waals surface area (Å²) >= 11 is 7.78. The first-order valence-electron chi connectivity index (χ1n) is 1.01. The number of aldehydes is 1. The van der Waals surface area contributed by atoms with Gasteiger partial charge in [0.25, 0.3) is 0 Å². The van der Waals surface area contributed by atoms with Gasteiger partial charge in [-0.1, -0.05) is 15.9 Å². The second-order valence-electron chi connectivity index (χ2n) is 0.471. The lowest BCUT2D eigenvalue weighted by molar-refractivity contribution is -0.106. The van der Waals surface area contributed by atoms with Gasteiger partial charge in [0.15, 0.2) is 0 Å². The number of rotatable bonds is 1. The van der Waals surface area contributed by atoms with Gasteiger partial charge in [0.2, 0.25) is 0 Å². The number of hydrogen-bond donors (Lipinski definition) is 0. The third-order valence-corrected chi connectivity index (χ3v) is 0.422. The third kappa shape index (κ3) is 4.44. The van der Waals surface area contributed by atoms with E-state index in [1.54, 1.807) is 0 Å². The Hall–Kier alpha value is 0.440. The number of hydrogen-bond acceptors (Lipinski definition) is 1. The number of carbonyl (C=O) groups is 1. The molecule has 0 spiro atoms. The lowest BCUT2D eigenvalue weighted by atomic mass is 10.9. The van der Waals surface area contributed by atoms with Crippen LogP contribution in [0.3, 0.4) is 0 Å². The summed E-state index contributed by atoms with van der Waals surface area (Å²) in [5.74, 6) is 0. The molecule has 0 aromatic heterocycles. The summed E-state index contributed by atoms with van der Waals surface area (Å²) in [6, 6.07) is 0. The topological polar surface area (TPSA) is 17.1 Å². The normalized spacial score (nSPS) is 14.0. The van der Waals surface area contributed by atoms with E-state index in [1.807, 2.05) is 0 Å². The van der Waals surface area contributed by atoms with E-state index in [1.165, 1.54) is 0 Å². The van der Waals surface area contributed by atoms with Crippen LogP contribution in [0.2, 0.25) is 0 Å². The summed E-state index contributed by atoms with van der Waals surface area (Å²) in [5, 5.41) is 0. The fraction of sp³-hybridized carbons (Fsp3) is 0.500. The summed E-state index contributed by atoms with van der Waals surface area (Å²) in [6.45, 7) is 0. The van der Waals surface area contributed by atoms with Crippen molar-refractivity contribution in [2.24, 2.45) is 0 Å². The molecule has 0 amide bonds. The molecule has 3 heteroatoms. The molecule has 0 N–H and O–H groups in total. The first-order chi connectivity index (χ1) is 2.27. The molecular formula is C2H2BrClO. The molecule has 0 aliphatic carbocycles. The van der Waals surface area contributed by atoms with Crippen LogP contribution in [0, 0.1) is 0 Å². The van der Waals surface area contributed by atoms with Crippen LogP contribution in [0.4, 0.5) is 0 Å². The second kappa shape index (κ2) is 2.67. The van der Waals surface area contributed by atoms with Gasteiger partial charge in [-0.2, -0.15) is 0 Å². The van der Waals surface area contributed by atoms with Gasteiger partial charge >= 0.3 is 0 Å². The standard InChI is InChI=1S/C2H2BrClO/c3-2(4)1-5/h1-2H/t2-/m1/s1. The molecule has 0 fully saturated rings. The molecule has 0 rings (SSSR count). The van der Waals surface area contributed by atoms with Crippen LogP contribution in [0.15, 0.2) is 0 Å². The SMILES string of the molecule is O=C[C@@H](Cl)Br. The summed E-state index contributed by atoms with van der Waals surface area (Å²) < 4.78 is -0.512. The average molecular weight is 157 g/mol. The predicted molar refractivity (Wildman–Crippen MR) is 24.6 cm³/mol. The molecule has 30 valence electrons. The maximum atomic E-state index is 9.33.